The molecular formula is C20H20FN3O3S. The number of carbonyl (C=O) groups excluding carboxylic acids is 1. The Morgan fingerprint density at radius 2 is 1.86 bits per heavy atom. The lowest BCUT2D eigenvalue weighted by Gasteiger charge is -2.08. The van der Waals surface area contributed by atoms with Crippen LogP contribution in [-0.2, 0) is 6.54 Å². The van der Waals surface area contributed by atoms with Gasteiger partial charge < -0.3 is 14.0 Å². The van der Waals surface area contributed by atoms with Crippen molar-refractivity contribution in [2.24, 2.45) is 0 Å². The zero-order valence-electron chi connectivity index (χ0n) is 15.8. The molecule has 0 aliphatic rings. The third-order valence-corrected chi connectivity index (χ3v) is 5.15. The molecule has 0 saturated carbocycles. The van der Waals surface area contributed by atoms with Crippen molar-refractivity contribution in [3.63, 3.8) is 0 Å². The summed E-state index contributed by atoms with van der Waals surface area (Å²) in [6.45, 7) is 2.64. The largest absolute Gasteiger partial charge is 0.497 e. The summed E-state index contributed by atoms with van der Waals surface area (Å²) in [5.74, 6) is 0.972. The third-order valence-electron chi connectivity index (χ3n) is 4.19. The van der Waals surface area contributed by atoms with E-state index in [-0.39, 0.29) is 17.3 Å². The van der Waals surface area contributed by atoms with E-state index < -0.39 is 5.82 Å². The number of ether oxygens (including phenoxy) is 2. The lowest BCUT2D eigenvalue weighted by Crippen LogP contribution is -2.06. The molecule has 0 bridgehead atoms. The van der Waals surface area contributed by atoms with Gasteiger partial charge in [0.2, 0.25) is 0 Å². The van der Waals surface area contributed by atoms with Gasteiger partial charge in [-0.15, -0.1) is 10.2 Å². The molecule has 8 heteroatoms. The molecule has 2 aromatic carbocycles. The monoisotopic (exact) mass is 401 g/mol. The summed E-state index contributed by atoms with van der Waals surface area (Å²) in [7, 11) is 3.00. The van der Waals surface area contributed by atoms with Crippen LogP contribution in [0.5, 0.6) is 11.5 Å². The summed E-state index contributed by atoms with van der Waals surface area (Å²) in [5.41, 5.74) is 1.20. The van der Waals surface area contributed by atoms with Gasteiger partial charge in [0.25, 0.3) is 0 Å². The first-order valence-corrected chi connectivity index (χ1v) is 9.63. The number of rotatable bonds is 8. The highest BCUT2D eigenvalue weighted by atomic mass is 32.2. The highest BCUT2D eigenvalue weighted by Crippen LogP contribution is 2.26. The molecule has 28 heavy (non-hydrogen) atoms. The fraction of sp³-hybridized carbons (Fsp3) is 0.250. The van der Waals surface area contributed by atoms with Crippen molar-refractivity contribution in [3.05, 3.63) is 53.8 Å². The normalized spacial score (nSPS) is 10.7. The second-order valence-electron chi connectivity index (χ2n) is 5.84. The van der Waals surface area contributed by atoms with E-state index in [0.717, 1.165) is 17.1 Å². The number of nitrogens with zero attached hydrogens (tertiary/aromatic N) is 3. The molecule has 6 nitrogen and oxygen atoms in total. The number of methoxy groups -OCH3 is 2. The summed E-state index contributed by atoms with van der Waals surface area (Å²) in [5, 5.41) is 9.11. The molecule has 0 aliphatic carbocycles. The van der Waals surface area contributed by atoms with Crippen molar-refractivity contribution < 1.29 is 18.7 Å². The number of hydrogen-bond acceptors (Lipinski definition) is 6. The van der Waals surface area contributed by atoms with Crippen molar-refractivity contribution >= 4 is 17.5 Å². The first kappa shape index (κ1) is 19.9. The van der Waals surface area contributed by atoms with E-state index in [4.69, 9.17) is 9.47 Å². The van der Waals surface area contributed by atoms with Crippen molar-refractivity contribution in [2.75, 3.05) is 20.0 Å². The molecule has 146 valence electrons. The van der Waals surface area contributed by atoms with Crippen molar-refractivity contribution in [3.8, 4) is 22.9 Å². The molecule has 0 amide bonds. The predicted octanol–water partition coefficient (Wildman–Crippen LogP) is 4.10. The Balaban J connectivity index is 1.75. The number of hydrogen-bond donors (Lipinski definition) is 0. The van der Waals surface area contributed by atoms with Gasteiger partial charge in [0.15, 0.2) is 28.3 Å². The number of Topliss-reactive ketones (excluding diaryl/α,β-unsaturated/α-hetero) is 1. The standard InChI is InChI=1S/C20H20FN3O3S/c1-4-24-19(13-5-8-15(26-2)9-6-13)22-23-20(24)28-12-17(25)14-7-10-18(27-3)16(21)11-14/h5-11H,4,12H2,1-3H3. The lowest BCUT2D eigenvalue weighted by molar-refractivity contribution is 0.102. The van der Waals surface area contributed by atoms with E-state index in [0.29, 0.717) is 17.3 Å². The van der Waals surface area contributed by atoms with Crippen molar-refractivity contribution in [1.82, 2.24) is 14.8 Å². The van der Waals surface area contributed by atoms with Crippen molar-refractivity contribution in [1.29, 1.82) is 0 Å². The summed E-state index contributed by atoms with van der Waals surface area (Å²) in [4.78, 5) is 12.4. The minimum atomic E-state index is -0.558. The number of benzene rings is 2. The van der Waals surface area contributed by atoms with Crippen LogP contribution < -0.4 is 9.47 Å². The van der Waals surface area contributed by atoms with Gasteiger partial charge in [-0.3, -0.25) is 4.79 Å². The minimum absolute atomic E-state index is 0.110. The van der Waals surface area contributed by atoms with Crippen LogP contribution in [0.15, 0.2) is 47.6 Å². The van der Waals surface area contributed by atoms with E-state index in [9.17, 15) is 9.18 Å². The van der Waals surface area contributed by atoms with Gasteiger partial charge in [0, 0.05) is 17.7 Å². The molecule has 0 radical (unpaired) electrons. The fourth-order valence-corrected chi connectivity index (χ4v) is 3.58. The number of carbonyl (C=O) groups is 1. The van der Waals surface area contributed by atoms with Crippen LogP contribution in [-0.4, -0.2) is 40.5 Å². The fourth-order valence-electron chi connectivity index (χ4n) is 2.69. The van der Waals surface area contributed by atoms with Crippen LogP contribution in [0.25, 0.3) is 11.4 Å². The molecule has 0 spiro atoms. The smallest absolute Gasteiger partial charge is 0.191 e. The molecule has 0 unspecified atom stereocenters. The summed E-state index contributed by atoms with van der Waals surface area (Å²) in [6, 6.07) is 11.7. The second-order valence-corrected chi connectivity index (χ2v) is 6.78. The molecule has 0 atom stereocenters. The predicted molar refractivity (Wildman–Crippen MR) is 106 cm³/mol. The Kier molecular flexibility index (Phi) is 6.30. The quantitative estimate of drug-likeness (QED) is 0.418. The van der Waals surface area contributed by atoms with Gasteiger partial charge >= 0.3 is 0 Å². The van der Waals surface area contributed by atoms with E-state index in [2.05, 4.69) is 10.2 Å². The van der Waals surface area contributed by atoms with Crippen LogP contribution in [0.2, 0.25) is 0 Å². The zero-order chi connectivity index (χ0) is 20.1. The van der Waals surface area contributed by atoms with Gasteiger partial charge in [-0.05, 0) is 49.4 Å². The lowest BCUT2D eigenvalue weighted by atomic mass is 10.1. The van der Waals surface area contributed by atoms with E-state index in [1.54, 1.807) is 13.2 Å². The zero-order valence-corrected chi connectivity index (χ0v) is 16.6. The molecule has 0 fully saturated rings. The highest BCUT2D eigenvalue weighted by Gasteiger charge is 2.16. The summed E-state index contributed by atoms with van der Waals surface area (Å²) < 4.78 is 25.8. The number of aromatic nitrogens is 3. The number of thioether (sulfide) groups is 1. The molecule has 3 rings (SSSR count). The van der Waals surface area contributed by atoms with Crippen LogP contribution in [0.1, 0.15) is 17.3 Å². The maximum Gasteiger partial charge on any atom is 0.191 e. The molecule has 1 aromatic heterocycles. The first-order chi connectivity index (χ1) is 13.6. The van der Waals surface area contributed by atoms with E-state index >= 15 is 0 Å². The molecule has 0 N–H and O–H groups in total. The molecule has 0 saturated heterocycles. The first-order valence-electron chi connectivity index (χ1n) is 8.64. The van der Waals surface area contributed by atoms with E-state index in [1.165, 1.54) is 31.0 Å². The Morgan fingerprint density at radius 3 is 2.46 bits per heavy atom. The average molecular weight is 401 g/mol. The van der Waals surface area contributed by atoms with Crippen LogP contribution in [0.4, 0.5) is 4.39 Å². The van der Waals surface area contributed by atoms with Gasteiger partial charge in [-0.25, -0.2) is 4.39 Å². The Morgan fingerprint density at radius 1 is 1.11 bits per heavy atom. The third kappa shape index (κ3) is 4.17. The van der Waals surface area contributed by atoms with E-state index in [1.807, 2.05) is 35.8 Å². The topological polar surface area (TPSA) is 66.2 Å². The number of halogens is 1. The van der Waals surface area contributed by atoms with Crippen LogP contribution >= 0.6 is 11.8 Å². The Labute approximate surface area is 166 Å². The van der Waals surface area contributed by atoms with Crippen LogP contribution in [0.3, 0.4) is 0 Å². The number of ketones is 1. The van der Waals surface area contributed by atoms with Crippen molar-refractivity contribution in [2.45, 2.75) is 18.6 Å². The Bertz CT molecular complexity index is 973. The van der Waals surface area contributed by atoms with Gasteiger partial charge in [0.05, 0.1) is 20.0 Å². The SMILES string of the molecule is CCn1c(SCC(=O)c2ccc(OC)c(F)c2)nnc1-c1ccc(OC)cc1. The molecular weight excluding hydrogens is 381 g/mol. The molecule has 1 heterocycles. The average Bonchev–Trinajstić information content (AvgIpc) is 3.14. The molecule has 0 aliphatic heterocycles. The maximum absolute atomic E-state index is 13.8. The van der Waals surface area contributed by atoms with Gasteiger partial charge in [-0.1, -0.05) is 11.8 Å². The highest BCUT2D eigenvalue weighted by molar-refractivity contribution is 7.99. The van der Waals surface area contributed by atoms with Gasteiger partial charge in [-0.2, -0.15) is 0 Å². The van der Waals surface area contributed by atoms with Crippen LogP contribution in [0, 0.1) is 5.82 Å². The maximum atomic E-state index is 13.8. The Hall–Kier alpha value is -2.87. The second kappa shape index (κ2) is 8.88. The molecule has 3 aromatic rings. The summed E-state index contributed by atoms with van der Waals surface area (Å²) in [6.07, 6.45) is 0. The summed E-state index contributed by atoms with van der Waals surface area (Å²) >= 11 is 1.27. The minimum Gasteiger partial charge on any atom is -0.497 e. The van der Waals surface area contributed by atoms with Gasteiger partial charge in [0.1, 0.15) is 5.75 Å².